The van der Waals surface area contributed by atoms with Crippen molar-refractivity contribution >= 4 is 17.3 Å². The van der Waals surface area contributed by atoms with Gasteiger partial charge in [-0.3, -0.25) is 4.79 Å². The first-order valence-electron chi connectivity index (χ1n) is 9.72. The number of nitrogens with one attached hydrogen (secondary N) is 1. The van der Waals surface area contributed by atoms with Gasteiger partial charge in [0.05, 0.1) is 17.6 Å². The molecule has 1 aliphatic heterocycles. The summed E-state index contributed by atoms with van der Waals surface area (Å²) in [6.45, 7) is 3.26. The molecule has 2 heterocycles. The van der Waals surface area contributed by atoms with Crippen LogP contribution in [-0.4, -0.2) is 53.9 Å². The molecule has 0 atom stereocenters. The topological polar surface area (TPSA) is 57.7 Å². The van der Waals surface area contributed by atoms with Gasteiger partial charge >= 0.3 is 0 Å². The number of nitrogens with zero attached hydrogens (tertiary/aromatic N) is 3. The first-order valence-corrected chi connectivity index (χ1v) is 9.72. The van der Waals surface area contributed by atoms with Crippen LogP contribution >= 0.6 is 0 Å². The quantitative estimate of drug-likeness (QED) is 0.716. The molecule has 1 aromatic heterocycles. The Bertz CT molecular complexity index is 952. The number of ether oxygens (including phenoxy) is 1. The number of anilines is 2. The monoisotopic (exact) mass is 388 g/mol. The standard InChI is InChI=1S/C23H24N4O2/c1-26-13-15-27(16-14-26)23(28)21-12-11-18(17-24-21)25-20-9-5-6-10-22(20)29-19-7-3-2-4-8-19/h2-12,17,25H,13-16H2,1H3. The van der Waals surface area contributed by atoms with Crippen molar-refractivity contribution in [1.82, 2.24) is 14.8 Å². The summed E-state index contributed by atoms with van der Waals surface area (Å²) >= 11 is 0. The fourth-order valence-electron chi connectivity index (χ4n) is 3.20. The number of hydrogen-bond acceptors (Lipinski definition) is 5. The third-order valence-corrected chi connectivity index (χ3v) is 4.91. The van der Waals surface area contributed by atoms with Gasteiger partial charge in [0.15, 0.2) is 5.75 Å². The van der Waals surface area contributed by atoms with E-state index in [1.54, 1.807) is 12.3 Å². The number of piperazine rings is 1. The minimum Gasteiger partial charge on any atom is -0.455 e. The predicted molar refractivity (Wildman–Crippen MR) is 114 cm³/mol. The molecule has 0 aliphatic carbocycles. The normalized spacial score (nSPS) is 14.4. The number of para-hydroxylation sites is 3. The molecule has 6 heteroatoms. The molecule has 1 amide bonds. The van der Waals surface area contributed by atoms with Gasteiger partial charge in [0, 0.05) is 26.2 Å². The lowest BCUT2D eigenvalue weighted by atomic mass is 10.2. The Kier molecular flexibility index (Phi) is 5.72. The Morgan fingerprint density at radius 1 is 0.931 bits per heavy atom. The molecule has 6 nitrogen and oxygen atoms in total. The summed E-state index contributed by atoms with van der Waals surface area (Å²) in [6.07, 6.45) is 1.68. The lowest BCUT2D eigenvalue weighted by Crippen LogP contribution is -2.47. The minimum absolute atomic E-state index is 0.0162. The van der Waals surface area contributed by atoms with E-state index in [-0.39, 0.29) is 5.91 Å². The Labute approximate surface area is 170 Å². The van der Waals surface area contributed by atoms with Crippen molar-refractivity contribution in [2.75, 3.05) is 38.5 Å². The van der Waals surface area contributed by atoms with Crippen molar-refractivity contribution < 1.29 is 9.53 Å². The third-order valence-electron chi connectivity index (χ3n) is 4.91. The van der Waals surface area contributed by atoms with Crippen molar-refractivity contribution in [1.29, 1.82) is 0 Å². The zero-order chi connectivity index (χ0) is 20.1. The number of rotatable bonds is 5. The molecular formula is C23H24N4O2. The second-order valence-electron chi connectivity index (χ2n) is 7.06. The lowest BCUT2D eigenvalue weighted by Gasteiger charge is -2.32. The van der Waals surface area contributed by atoms with Gasteiger partial charge in [0.25, 0.3) is 5.91 Å². The van der Waals surface area contributed by atoms with Crippen molar-refractivity contribution in [3.8, 4) is 11.5 Å². The number of carbonyl (C=O) groups excluding carboxylic acids is 1. The summed E-state index contributed by atoms with van der Waals surface area (Å²) in [5.74, 6) is 1.47. The van der Waals surface area contributed by atoms with Crippen LogP contribution < -0.4 is 10.1 Å². The van der Waals surface area contributed by atoms with Gasteiger partial charge in [-0.1, -0.05) is 30.3 Å². The number of amides is 1. The zero-order valence-electron chi connectivity index (χ0n) is 16.4. The molecule has 2 aromatic carbocycles. The van der Waals surface area contributed by atoms with E-state index in [0.717, 1.165) is 49.1 Å². The molecule has 1 N–H and O–H groups in total. The lowest BCUT2D eigenvalue weighted by molar-refractivity contribution is 0.0658. The Hall–Kier alpha value is -3.38. The SMILES string of the molecule is CN1CCN(C(=O)c2ccc(Nc3ccccc3Oc3ccccc3)cn2)CC1. The van der Waals surface area contributed by atoms with Crippen molar-refractivity contribution in [2.45, 2.75) is 0 Å². The molecule has 0 spiro atoms. The number of carbonyl (C=O) groups is 1. The molecule has 1 fully saturated rings. The number of likely N-dealkylation sites (N-methyl/N-ethyl adjacent to an activating group) is 1. The summed E-state index contributed by atoms with van der Waals surface area (Å²) < 4.78 is 5.98. The first kappa shape index (κ1) is 19.0. The van der Waals surface area contributed by atoms with Crippen LogP contribution in [0, 0.1) is 0 Å². The van der Waals surface area contributed by atoms with E-state index in [1.807, 2.05) is 65.6 Å². The molecule has 148 valence electrons. The van der Waals surface area contributed by atoms with Gasteiger partial charge in [-0.15, -0.1) is 0 Å². The van der Waals surface area contributed by atoms with Crippen LogP contribution in [0.25, 0.3) is 0 Å². The van der Waals surface area contributed by atoms with Gasteiger partial charge < -0.3 is 19.9 Å². The maximum absolute atomic E-state index is 12.6. The zero-order valence-corrected chi connectivity index (χ0v) is 16.4. The smallest absolute Gasteiger partial charge is 0.272 e. The molecule has 1 saturated heterocycles. The van der Waals surface area contributed by atoms with E-state index in [0.29, 0.717) is 5.69 Å². The van der Waals surface area contributed by atoms with Crippen molar-refractivity contribution in [2.24, 2.45) is 0 Å². The maximum Gasteiger partial charge on any atom is 0.272 e. The summed E-state index contributed by atoms with van der Waals surface area (Å²) in [5.41, 5.74) is 2.09. The van der Waals surface area contributed by atoms with Gasteiger partial charge in [-0.05, 0) is 43.4 Å². The van der Waals surface area contributed by atoms with Crippen LogP contribution in [0.4, 0.5) is 11.4 Å². The first-order chi connectivity index (χ1) is 14.2. The largest absolute Gasteiger partial charge is 0.455 e. The molecule has 0 unspecified atom stereocenters. The van der Waals surface area contributed by atoms with E-state index in [9.17, 15) is 4.79 Å². The summed E-state index contributed by atoms with van der Waals surface area (Å²) in [6, 6.07) is 21.0. The number of hydrogen-bond donors (Lipinski definition) is 1. The summed E-state index contributed by atoms with van der Waals surface area (Å²) in [7, 11) is 2.07. The van der Waals surface area contributed by atoms with Crippen LogP contribution in [0.2, 0.25) is 0 Å². The van der Waals surface area contributed by atoms with E-state index < -0.39 is 0 Å². The third kappa shape index (κ3) is 4.73. The number of pyridine rings is 1. The Morgan fingerprint density at radius 2 is 1.66 bits per heavy atom. The summed E-state index contributed by atoms with van der Waals surface area (Å²) in [5, 5.41) is 3.33. The fourth-order valence-corrected chi connectivity index (χ4v) is 3.20. The molecule has 4 rings (SSSR count). The van der Waals surface area contributed by atoms with Gasteiger partial charge in [0.1, 0.15) is 11.4 Å². The Morgan fingerprint density at radius 3 is 2.38 bits per heavy atom. The van der Waals surface area contributed by atoms with Crippen molar-refractivity contribution in [3.63, 3.8) is 0 Å². The molecule has 29 heavy (non-hydrogen) atoms. The summed E-state index contributed by atoms with van der Waals surface area (Å²) in [4.78, 5) is 21.1. The van der Waals surface area contributed by atoms with Crippen molar-refractivity contribution in [3.05, 3.63) is 78.6 Å². The molecule has 0 radical (unpaired) electrons. The van der Waals surface area contributed by atoms with Gasteiger partial charge in [-0.25, -0.2) is 4.98 Å². The molecule has 3 aromatic rings. The average Bonchev–Trinajstić information content (AvgIpc) is 2.76. The predicted octanol–water partition coefficient (Wildman–Crippen LogP) is 4.01. The highest BCUT2D eigenvalue weighted by molar-refractivity contribution is 5.92. The van der Waals surface area contributed by atoms with Crippen LogP contribution in [-0.2, 0) is 0 Å². The highest BCUT2D eigenvalue weighted by Gasteiger charge is 2.21. The fraction of sp³-hybridized carbons (Fsp3) is 0.217. The Balaban J connectivity index is 1.45. The van der Waals surface area contributed by atoms with Gasteiger partial charge in [-0.2, -0.15) is 0 Å². The number of benzene rings is 2. The molecule has 0 saturated carbocycles. The van der Waals surface area contributed by atoms with E-state index in [1.165, 1.54) is 0 Å². The highest BCUT2D eigenvalue weighted by atomic mass is 16.5. The molecular weight excluding hydrogens is 364 g/mol. The van der Waals surface area contributed by atoms with Gasteiger partial charge in [0.2, 0.25) is 0 Å². The van der Waals surface area contributed by atoms with Crippen LogP contribution in [0.15, 0.2) is 72.9 Å². The average molecular weight is 388 g/mol. The highest BCUT2D eigenvalue weighted by Crippen LogP contribution is 2.31. The maximum atomic E-state index is 12.6. The van der Waals surface area contributed by atoms with Crippen LogP contribution in [0.1, 0.15) is 10.5 Å². The van der Waals surface area contributed by atoms with E-state index in [2.05, 4.69) is 22.2 Å². The number of aromatic nitrogens is 1. The van der Waals surface area contributed by atoms with Crippen LogP contribution in [0.3, 0.4) is 0 Å². The minimum atomic E-state index is -0.0162. The second-order valence-corrected chi connectivity index (χ2v) is 7.06. The molecule has 1 aliphatic rings. The van der Waals surface area contributed by atoms with Crippen LogP contribution in [0.5, 0.6) is 11.5 Å². The molecule has 0 bridgehead atoms. The second kappa shape index (κ2) is 8.75. The van der Waals surface area contributed by atoms with E-state index >= 15 is 0 Å². The van der Waals surface area contributed by atoms with E-state index in [4.69, 9.17) is 4.74 Å².